The minimum atomic E-state index is -0.620. The van der Waals surface area contributed by atoms with Crippen molar-refractivity contribution in [1.82, 2.24) is 15.1 Å². The average Bonchev–Trinajstić information content (AvgIpc) is 2.05. The van der Waals surface area contributed by atoms with Gasteiger partial charge in [-0.2, -0.15) is 0 Å². The summed E-state index contributed by atoms with van der Waals surface area (Å²) in [7, 11) is 0. The highest BCUT2D eigenvalue weighted by molar-refractivity contribution is 5.89. The molecule has 0 atom stereocenters. The molecular formula is C5H7N5O. The molecule has 1 aromatic heterocycles. The van der Waals surface area contributed by atoms with Crippen LogP contribution >= 0.6 is 0 Å². The second-order valence-corrected chi connectivity index (χ2v) is 1.78. The molecule has 0 unspecified atom stereocenters. The zero-order valence-corrected chi connectivity index (χ0v) is 5.64. The van der Waals surface area contributed by atoms with Gasteiger partial charge in [-0.15, -0.1) is 0 Å². The molecule has 0 radical (unpaired) electrons. The van der Waals surface area contributed by atoms with Crippen molar-refractivity contribution in [1.29, 1.82) is 0 Å². The van der Waals surface area contributed by atoms with Crippen LogP contribution in [0.5, 0.6) is 0 Å². The highest BCUT2D eigenvalue weighted by Gasteiger charge is 2.10. The van der Waals surface area contributed by atoms with Gasteiger partial charge in [0, 0.05) is 12.4 Å². The molecule has 0 saturated carbocycles. The third-order valence-electron chi connectivity index (χ3n) is 0.992. The maximum Gasteiger partial charge on any atom is 0.320 e. The van der Waals surface area contributed by atoms with Gasteiger partial charge in [0.05, 0.1) is 0 Å². The number of hydrazine groups is 2. The quantitative estimate of drug-likeness (QED) is 0.296. The normalized spacial score (nSPS) is 9.27. The summed E-state index contributed by atoms with van der Waals surface area (Å²) in [5, 5.41) is 0.440. The average molecular weight is 153 g/mol. The molecule has 0 aliphatic carbocycles. The summed E-state index contributed by atoms with van der Waals surface area (Å²) >= 11 is 0. The van der Waals surface area contributed by atoms with Crippen LogP contribution in [0.4, 0.5) is 0 Å². The Morgan fingerprint density at radius 1 is 1.36 bits per heavy atom. The van der Waals surface area contributed by atoms with Gasteiger partial charge in [-0.3, -0.25) is 4.79 Å². The molecule has 0 spiro atoms. The van der Waals surface area contributed by atoms with Crippen molar-refractivity contribution >= 4 is 5.91 Å². The van der Waals surface area contributed by atoms with E-state index in [-0.39, 0.29) is 5.82 Å². The van der Waals surface area contributed by atoms with E-state index >= 15 is 0 Å². The smallest absolute Gasteiger partial charge is 0.262 e. The summed E-state index contributed by atoms with van der Waals surface area (Å²) in [5.41, 5.74) is 0. The van der Waals surface area contributed by atoms with E-state index in [1.165, 1.54) is 12.4 Å². The van der Waals surface area contributed by atoms with Crippen LogP contribution in [0.25, 0.3) is 0 Å². The van der Waals surface area contributed by atoms with Crippen molar-refractivity contribution in [3.8, 4) is 0 Å². The molecule has 11 heavy (non-hydrogen) atoms. The Morgan fingerprint density at radius 3 is 2.36 bits per heavy atom. The van der Waals surface area contributed by atoms with Crippen molar-refractivity contribution in [3.63, 3.8) is 0 Å². The number of aromatic nitrogens is 2. The third kappa shape index (κ3) is 1.69. The van der Waals surface area contributed by atoms with Gasteiger partial charge < -0.3 is 0 Å². The number of rotatable bonds is 1. The monoisotopic (exact) mass is 153 g/mol. The minimum absolute atomic E-state index is 0.0162. The van der Waals surface area contributed by atoms with Crippen molar-refractivity contribution in [2.75, 3.05) is 0 Å². The molecule has 1 rings (SSSR count). The van der Waals surface area contributed by atoms with E-state index in [1.807, 2.05) is 0 Å². The van der Waals surface area contributed by atoms with Crippen molar-refractivity contribution in [2.45, 2.75) is 0 Å². The zero-order valence-electron chi connectivity index (χ0n) is 5.64. The Morgan fingerprint density at radius 2 is 1.91 bits per heavy atom. The Balaban J connectivity index is 2.86. The largest absolute Gasteiger partial charge is 0.320 e. The Labute approximate surface area is 62.8 Å². The molecule has 0 aliphatic heterocycles. The number of nitrogens with zero attached hydrogens (tertiary/aromatic N) is 3. The molecule has 4 N–H and O–H groups in total. The van der Waals surface area contributed by atoms with E-state index in [4.69, 9.17) is 11.7 Å². The highest BCUT2D eigenvalue weighted by Crippen LogP contribution is 1.88. The molecular weight excluding hydrogens is 146 g/mol. The van der Waals surface area contributed by atoms with Gasteiger partial charge >= 0.3 is 5.91 Å². The fourth-order valence-electron chi connectivity index (χ4n) is 0.525. The fourth-order valence-corrected chi connectivity index (χ4v) is 0.525. The molecule has 6 heteroatoms. The second-order valence-electron chi connectivity index (χ2n) is 1.78. The fraction of sp³-hybridized carbons (Fsp3) is 0. The predicted molar refractivity (Wildman–Crippen MR) is 36.6 cm³/mol. The first-order valence-electron chi connectivity index (χ1n) is 2.82. The van der Waals surface area contributed by atoms with Gasteiger partial charge in [0.1, 0.15) is 0 Å². The van der Waals surface area contributed by atoms with Crippen molar-refractivity contribution in [3.05, 3.63) is 24.3 Å². The molecule has 0 aromatic carbocycles. The maximum absolute atomic E-state index is 10.9. The second kappa shape index (κ2) is 3.04. The van der Waals surface area contributed by atoms with Crippen molar-refractivity contribution < 1.29 is 4.79 Å². The molecule has 1 heterocycles. The van der Waals surface area contributed by atoms with Crippen LogP contribution in [0.15, 0.2) is 18.5 Å². The minimum Gasteiger partial charge on any atom is -0.262 e. The maximum atomic E-state index is 10.9. The predicted octanol–water partition coefficient (Wildman–Crippen LogP) is -1.33. The van der Waals surface area contributed by atoms with Gasteiger partial charge in [0.15, 0.2) is 0 Å². The SMILES string of the molecule is NN(N)C(=O)c1ncccn1. The van der Waals surface area contributed by atoms with E-state index in [9.17, 15) is 4.79 Å². The van der Waals surface area contributed by atoms with Gasteiger partial charge in [-0.05, 0) is 6.07 Å². The summed E-state index contributed by atoms with van der Waals surface area (Å²) in [6, 6.07) is 1.59. The molecule has 0 bridgehead atoms. The standard InChI is InChI=1S/C5H7N5O/c6-10(7)5(11)4-8-2-1-3-9-4/h1-3H,6-7H2. The Kier molecular flexibility index (Phi) is 2.09. The number of carbonyl (C=O) groups excluding carboxylic acids is 1. The third-order valence-corrected chi connectivity index (χ3v) is 0.992. The highest BCUT2D eigenvalue weighted by atomic mass is 16.2. The summed E-state index contributed by atoms with van der Waals surface area (Å²) in [6.07, 6.45) is 2.87. The lowest BCUT2D eigenvalue weighted by Crippen LogP contribution is -2.44. The van der Waals surface area contributed by atoms with Crippen LogP contribution in [0.2, 0.25) is 0 Å². The zero-order chi connectivity index (χ0) is 8.27. The van der Waals surface area contributed by atoms with Crippen LogP contribution in [0, 0.1) is 0 Å². The first-order chi connectivity index (χ1) is 5.22. The van der Waals surface area contributed by atoms with Gasteiger partial charge in [-0.25, -0.2) is 26.8 Å². The number of amides is 1. The van der Waals surface area contributed by atoms with Gasteiger partial charge in [-0.1, -0.05) is 0 Å². The van der Waals surface area contributed by atoms with Crippen LogP contribution in [-0.2, 0) is 0 Å². The van der Waals surface area contributed by atoms with Crippen LogP contribution in [0.1, 0.15) is 10.6 Å². The van der Waals surface area contributed by atoms with Crippen LogP contribution in [-0.4, -0.2) is 21.0 Å². The lowest BCUT2D eigenvalue weighted by Gasteiger charge is -2.05. The summed E-state index contributed by atoms with van der Waals surface area (Å²) in [4.78, 5) is 18.2. The summed E-state index contributed by atoms with van der Waals surface area (Å²) in [5.74, 6) is 9.26. The molecule has 1 amide bonds. The van der Waals surface area contributed by atoms with Gasteiger partial charge in [0.2, 0.25) is 5.82 Å². The number of carbonyl (C=O) groups is 1. The first-order valence-corrected chi connectivity index (χ1v) is 2.82. The topological polar surface area (TPSA) is 98.1 Å². The molecule has 0 aliphatic rings. The van der Waals surface area contributed by atoms with E-state index in [0.29, 0.717) is 5.12 Å². The number of nitrogens with two attached hydrogens (primary N) is 2. The molecule has 6 nitrogen and oxygen atoms in total. The van der Waals surface area contributed by atoms with E-state index in [1.54, 1.807) is 6.07 Å². The molecule has 0 fully saturated rings. The summed E-state index contributed by atoms with van der Waals surface area (Å²) in [6.45, 7) is 0. The lowest BCUT2D eigenvalue weighted by molar-refractivity contribution is 0.0743. The Bertz CT molecular complexity index is 246. The number of hydrogen-bond acceptors (Lipinski definition) is 5. The molecule has 0 saturated heterocycles. The van der Waals surface area contributed by atoms with E-state index in [0.717, 1.165) is 0 Å². The molecule has 1 aromatic rings. The lowest BCUT2D eigenvalue weighted by atomic mass is 10.5. The van der Waals surface area contributed by atoms with Crippen LogP contribution < -0.4 is 11.7 Å². The Hall–Kier alpha value is -1.53. The number of hydrogen-bond donors (Lipinski definition) is 2. The van der Waals surface area contributed by atoms with E-state index < -0.39 is 5.91 Å². The van der Waals surface area contributed by atoms with Gasteiger partial charge in [0.25, 0.3) is 0 Å². The first kappa shape index (κ1) is 7.58. The van der Waals surface area contributed by atoms with E-state index in [2.05, 4.69) is 9.97 Å². The van der Waals surface area contributed by atoms with Crippen LogP contribution in [0.3, 0.4) is 0 Å². The molecule has 58 valence electrons. The summed E-state index contributed by atoms with van der Waals surface area (Å²) < 4.78 is 0. The van der Waals surface area contributed by atoms with Crippen molar-refractivity contribution in [2.24, 2.45) is 11.7 Å².